The fourth-order valence-electron chi connectivity index (χ4n) is 3.30. The van der Waals surface area contributed by atoms with Crippen LogP contribution in [-0.4, -0.2) is 47.3 Å². The molecule has 0 saturated carbocycles. The van der Waals surface area contributed by atoms with Crippen molar-refractivity contribution in [3.8, 4) is 17.0 Å². The van der Waals surface area contributed by atoms with E-state index in [0.717, 1.165) is 12.8 Å². The minimum absolute atomic E-state index is 0.0984. The number of benzene rings is 1. The molecule has 2 aromatic heterocycles. The van der Waals surface area contributed by atoms with Crippen LogP contribution in [0.2, 0.25) is 0 Å². The largest absolute Gasteiger partial charge is 0.441 e. The van der Waals surface area contributed by atoms with Crippen molar-refractivity contribution in [1.29, 1.82) is 0 Å². The van der Waals surface area contributed by atoms with E-state index >= 15 is 0 Å². The highest BCUT2D eigenvalue weighted by atomic mass is 19.3. The maximum absolute atomic E-state index is 12.7. The minimum atomic E-state index is -3.77. The summed E-state index contributed by atoms with van der Waals surface area (Å²) in [4.78, 5) is 30.8. The summed E-state index contributed by atoms with van der Waals surface area (Å²) in [6.07, 6.45) is 1.90. The zero-order valence-corrected chi connectivity index (χ0v) is 15.3. The molecule has 29 heavy (non-hydrogen) atoms. The van der Waals surface area contributed by atoms with Crippen LogP contribution in [0, 0.1) is 0 Å². The molecule has 1 amide bonds. The number of hydrogen-bond donors (Lipinski definition) is 0. The Morgan fingerprint density at radius 2 is 1.86 bits per heavy atom. The molecule has 0 aliphatic carbocycles. The highest BCUT2D eigenvalue weighted by molar-refractivity contribution is 6.12. The van der Waals surface area contributed by atoms with E-state index in [1.165, 1.54) is 28.8 Å². The number of carbonyl (C=O) groups excluding carboxylic acids is 1. The number of amides is 1. The van der Waals surface area contributed by atoms with Crippen LogP contribution in [0.25, 0.3) is 22.5 Å². The summed E-state index contributed by atoms with van der Waals surface area (Å²) in [5, 5.41) is 0. The van der Waals surface area contributed by atoms with Gasteiger partial charge in [-0.05, 0) is 49.2 Å². The number of hydrogen-bond acceptors (Lipinski definition) is 5. The van der Waals surface area contributed by atoms with Gasteiger partial charge in [0.25, 0.3) is 0 Å². The molecule has 1 aliphatic heterocycles. The van der Waals surface area contributed by atoms with Gasteiger partial charge < -0.3 is 14.1 Å². The molecule has 0 N–H and O–H groups in total. The Balaban J connectivity index is 1.63. The Morgan fingerprint density at radius 3 is 2.52 bits per heavy atom. The van der Waals surface area contributed by atoms with Crippen molar-refractivity contribution in [2.75, 3.05) is 13.1 Å². The molecule has 0 unspecified atom stereocenters. The summed E-state index contributed by atoms with van der Waals surface area (Å²) >= 11 is 0. The van der Waals surface area contributed by atoms with Crippen LogP contribution >= 0.6 is 0 Å². The van der Waals surface area contributed by atoms with E-state index in [4.69, 9.17) is 4.42 Å². The van der Waals surface area contributed by atoms with E-state index in [1.54, 1.807) is 17.0 Å². The van der Waals surface area contributed by atoms with Gasteiger partial charge in [-0.1, -0.05) is 0 Å². The summed E-state index contributed by atoms with van der Waals surface area (Å²) in [6, 6.07) is 5.18. The van der Waals surface area contributed by atoms with Crippen LogP contribution in [0.3, 0.4) is 0 Å². The van der Waals surface area contributed by atoms with Crippen molar-refractivity contribution >= 4 is 25.0 Å². The van der Waals surface area contributed by atoms with E-state index in [2.05, 4.69) is 17.6 Å². The molecule has 0 atom stereocenters. The van der Waals surface area contributed by atoms with Crippen molar-refractivity contribution in [2.45, 2.75) is 25.4 Å². The summed E-state index contributed by atoms with van der Waals surface area (Å²) < 4.78 is 36.2. The molecule has 0 bridgehead atoms. The topological polar surface area (TPSA) is 77.6 Å². The van der Waals surface area contributed by atoms with E-state index in [1.807, 2.05) is 0 Å². The van der Waals surface area contributed by atoms with Crippen molar-refractivity contribution in [1.82, 2.24) is 14.5 Å². The van der Waals surface area contributed by atoms with Gasteiger partial charge in [0.2, 0.25) is 13.8 Å². The zero-order valence-electron chi connectivity index (χ0n) is 15.3. The highest BCUT2D eigenvalue weighted by Gasteiger charge is 2.23. The number of likely N-dealkylation sites (tertiary alicyclic amines) is 1. The van der Waals surface area contributed by atoms with Gasteiger partial charge in [-0.3, -0.25) is 4.79 Å². The Morgan fingerprint density at radius 1 is 1.17 bits per heavy atom. The molecule has 4 rings (SSSR count). The quantitative estimate of drug-likeness (QED) is 0.616. The number of fused-ring (bicyclic) bond motifs is 1. The Bertz CT molecular complexity index is 1100. The average Bonchev–Trinajstić information content (AvgIpc) is 3.30. The number of ether oxygens (including phenoxy) is 1. The van der Waals surface area contributed by atoms with Crippen molar-refractivity contribution < 1.29 is 22.7 Å². The lowest BCUT2D eigenvalue weighted by atomic mass is 10.1. The van der Waals surface area contributed by atoms with Gasteiger partial charge in [-0.2, -0.15) is 8.78 Å². The van der Waals surface area contributed by atoms with Crippen molar-refractivity contribution in [3.63, 3.8) is 0 Å². The first kappa shape index (κ1) is 19.2. The molecule has 1 fully saturated rings. The predicted molar refractivity (Wildman–Crippen MR) is 101 cm³/mol. The van der Waals surface area contributed by atoms with Gasteiger partial charge >= 0.3 is 11.8 Å². The number of aromatic nitrogens is 2. The maximum atomic E-state index is 12.7. The van der Waals surface area contributed by atoms with Crippen LogP contribution in [0.5, 0.6) is 5.75 Å². The second-order valence-electron chi connectivity index (χ2n) is 6.75. The standard InChI is InChI=1S/C19H16BF2N3O4/c20-19(21,22)29-13-5-3-12(4-6-13)14-7-8-15-17(23-14)25(18(27)28-15)11-16(26)24-9-1-2-10-24/h3-8H,1-2,9-11H2. The van der Waals surface area contributed by atoms with E-state index < -0.39 is 11.8 Å². The van der Waals surface area contributed by atoms with E-state index in [-0.39, 0.29) is 29.4 Å². The molecular weight excluding hydrogens is 383 g/mol. The first-order valence-electron chi connectivity index (χ1n) is 9.04. The Labute approximate surface area is 165 Å². The predicted octanol–water partition coefficient (Wildman–Crippen LogP) is 2.38. The molecule has 0 spiro atoms. The van der Waals surface area contributed by atoms with Gasteiger partial charge in [0.05, 0.1) is 5.69 Å². The fourth-order valence-corrected chi connectivity index (χ4v) is 3.30. The molecule has 1 aromatic carbocycles. The summed E-state index contributed by atoms with van der Waals surface area (Å²) in [7, 11) is 4.54. The number of rotatable bonds is 5. The lowest BCUT2D eigenvalue weighted by molar-refractivity contribution is -0.130. The third kappa shape index (κ3) is 4.15. The van der Waals surface area contributed by atoms with Gasteiger partial charge in [-0.15, -0.1) is 0 Å². The van der Waals surface area contributed by atoms with Crippen LogP contribution in [-0.2, 0) is 11.3 Å². The van der Waals surface area contributed by atoms with Gasteiger partial charge in [0.15, 0.2) is 11.2 Å². The van der Waals surface area contributed by atoms with Crippen molar-refractivity contribution in [3.05, 3.63) is 46.9 Å². The summed E-state index contributed by atoms with van der Waals surface area (Å²) in [6.45, 7) is 1.21. The number of oxazole rings is 1. The van der Waals surface area contributed by atoms with E-state index in [9.17, 15) is 18.4 Å². The molecule has 3 heterocycles. The molecule has 1 aliphatic rings. The average molecular weight is 399 g/mol. The van der Waals surface area contributed by atoms with Crippen molar-refractivity contribution in [2.24, 2.45) is 0 Å². The third-order valence-corrected chi connectivity index (χ3v) is 4.67. The summed E-state index contributed by atoms with van der Waals surface area (Å²) in [5.74, 6) is -0.923. The molecule has 7 nitrogen and oxygen atoms in total. The molecule has 10 heteroatoms. The SMILES string of the molecule is [B]C(F)(F)Oc1ccc(-c2ccc3oc(=O)n(CC(=O)N4CCCC4)c3n2)cc1. The highest BCUT2D eigenvalue weighted by Crippen LogP contribution is 2.25. The number of alkyl halides is 2. The van der Waals surface area contributed by atoms with E-state index in [0.29, 0.717) is 24.3 Å². The van der Waals surface area contributed by atoms with Crippen LogP contribution in [0.4, 0.5) is 8.78 Å². The minimum Gasteiger partial charge on any atom is -0.441 e. The van der Waals surface area contributed by atoms with Gasteiger partial charge in [-0.25, -0.2) is 14.3 Å². The van der Waals surface area contributed by atoms with Crippen LogP contribution < -0.4 is 10.5 Å². The summed E-state index contributed by atoms with van der Waals surface area (Å²) in [5.41, 5.74) is 1.59. The number of carbonyl (C=O) groups is 1. The van der Waals surface area contributed by atoms with Gasteiger partial charge in [0.1, 0.15) is 12.3 Å². The fraction of sp³-hybridized carbons (Fsp3) is 0.316. The smallest absolute Gasteiger partial charge is 0.421 e. The normalized spacial score (nSPS) is 14.5. The maximum Gasteiger partial charge on any atom is 0.421 e. The molecule has 148 valence electrons. The second-order valence-corrected chi connectivity index (χ2v) is 6.75. The number of pyridine rings is 1. The Kier molecular flexibility index (Phi) is 4.85. The molecule has 1 saturated heterocycles. The third-order valence-electron chi connectivity index (χ3n) is 4.67. The first-order chi connectivity index (χ1) is 13.8. The van der Waals surface area contributed by atoms with Crippen LogP contribution in [0.15, 0.2) is 45.6 Å². The lowest BCUT2D eigenvalue weighted by Gasteiger charge is -2.15. The number of halogens is 2. The molecule has 2 radical (unpaired) electrons. The zero-order chi connectivity index (χ0) is 20.6. The molecular formula is C19H16BF2N3O4. The monoisotopic (exact) mass is 399 g/mol. The second kappa shape index (κ2) is 7.34. The Hall–Kier alpha value is -3.17. The first-order valence-corrected chi connectivity index (χ1v) is 9.04. The number of nitrogens with zero attached hydrogens (tertiary/aromatic N) is 3. The lowest BCUT2D eigenvalue weighted by Crippen LogP contribution is -2.33. The van der Waals surface area contributed by atoms with Gasteiger partial charge in [0, 0.05) is 18.7 Å². The molecule has 3 aromatic rings. The van der Waals surface area contributed by atoms with Crippen LogP contribution in [0.1, 0.15) is 12.8 Å².